The van der Waals surface area contributed by atoms with E-state index in [9.17, 15) is 9.59 Å². The summed E-state index contributed by atoms with van der Waals surface area (Å²) in [4.78, 5) is 25.7. The molecule has 3 aromatic carbocycles. The third kappa shape index (κ3) is 3.41. The molecule has 5 aromatic rings. The summed E-state index contributed by atoms with van der Waals surface area (Å²) in [5, 5.41) is 4.46. The Morgan fingerprint density at radius 2 is 1.72 bits per heavy atom. The number of furan rings is 2. The van der Waals surface area contributed by atoms with Crippen molar-refractivity contribution in [1.82, 2.24) is 0 Å². The fourth-order valence-electron chi connectivity index (χ4n) is 3.70. The second kappa shape index (κ2) is 7.74. The maximum Gasteiger partial charge on any atom is 0.291 e. The van der Waals surface area contributed by atoms with Crippen LogP contribution in [0.1, 0.15) is 32.2 Å². The van der Waals surface area contributed by atoms with Crippen LogP contribution in [0.2, 0.25) is 0 Å². The van der Waals surface area contributed by atoms with Crippen molar-refractivity contribution in [3.63, 3.8) is 0 Å². The maximum atomic E-state index is 13.0. The minimum absolute atomic E-state index is 0.226. The fraction of sp³-hybridized carbons (Fsp3) is 0.0769. The molecule has 0 radical (unpaired) electrons. The summed E-state index contributed by atoms with van der Waals surface area (Å²) in [6.07, 6.45) is 0. The number of fused-ring (bicyclic) bond motifs is 2. The fourth-order valence-corrected chi connectivity index (χ4v) is 3.70. The number of aryl methyl sites for hydroxylation is 1. The lowest BCUT2D eigenvalue weighted by Crippen LogP contribution is -2.10. The van der Waals surface area contributed by atoms with Crippen LogP contribution >= 0.6 is 0 Å². The van der Waals surface area contributed by atoms with Gasteiger partial charge in [0.25, 0.3) is 5.91 Å². The molecule has 0 spiro atoms. The van der Waals surface area contributed by atoms with Crippen molar-refractivity contribution in [2.75, 3.05) is 12.4 Å². The van der Waals surface area contributed by atoms with Gasteiger partial charge in [-0.3, -0.25) is 9.59 Å². The predicted molar refractivity (Wildman–Crippen MR) is 122 cm³/mol. The number of ether oxygens (including phenoxy) is 1. The Hall–Kier alpha value is -4.32. The molecule has 0 aliphatic carbocycles. The molecule has 0 bridgehead atoms. The Morgan fingerprint density at radius 3 is 2.53 bits per heavy atom. The zero-order valence-corrected chi connectivity index (χ0v) is 17.5. The number of anilines is 1. The Labute approximate surface area is 183 Å². The number of hydrogen-bond acceptors (Lipinski definition) is 5. The van der Waals surface area contributed by atoms with Gasteiger partial charge in [-0.05, 0) is 49.4 Å². The Kier molecular flexibility index (Phi) is 4.75. The first-order valence-corrected chi connectivity index (χ1v) is 10.1. The van der Waals surface area contributed by atoms with Crippen molar-refractivity contribution in [1.29, 1.82) is 0 Å². The zero-order chi connectivity index (χ0) is 22.2. The molecule has 0 saturated carbocycles. The smallest absolute Gasteiger partial charge is 0.291 e. The molecular weight excluding hydrogens is 406 g/mol. The molecule has 2 aromatic heterocycles. The highest BCUT2D eigenvalue weighted by atomic mass is 16.5. The van der Waals surface area contributed by atoms with Crippen LogP contribution in [0.5, 0.6) is 5.75 Å². The summed E-state index contributed by atoms with van der Waals surface area (Å²) in [5.41, 5.74) is 2.97. The first kappa shape index (κ1) is 19.6. The SMILES string of the molecule is COc1cccc(C(=O)c2oc3ccc(NC(=O)c4cc5ccccc5o4)cc3c2C)c1. The highest BCUT2D eigenvalue weighted by molar-refractivity contribution is 6.11. The number of methoxy groups -OCH3 is 1. The summed E-state index contributed by atoms with van der Waals surface area (Å²) in [6.45, 7) is 1.82. The van der Waals surface area contributed by atoms with Crippen LogP contribution in [-0.2, 0) is 0 Å². The largest absolute Gasteiger partial charge is 0.497 e. The molecule has 6 heteroatoms. The quantitative estimate of drug-likeness (QED) is 0.350. The molecule has 2 heterocycles. The van der Waals surface area contributed by atoms with Crippen molar-refractivity contribution >= 4 is 39.3 Å². The number of rotatable bonds is 5. The van der Waals surface area contributed by atoms with Gasteiger partial charge in [-0.25, -0.2) is 0 Å². The molecule has 158 valence electrons. The molecule has 6 nitrogen and oxygen atoms in total. The minimum Gasteiger partial charge on any atom is -0.497 e. The van der Waals surface area contributed by atoms with Crippen LogP contribution in [-0.4, -0.2) is 18.8 Å². The molecule has 0 fully saturated rings. The average Bonchev–Trinajstić information content (AvgIpc) is 3.40. The van der Waals surface area contributed by atoms with E-state index in [1.165, 1.54) is 0 Å². The summed E-state index contributed by atoms with van der Waals surface area (Å²) in [7, 11) is 1.55. The van der Waals surface area contributed by atoms with Crippen LogP contribution in [0.15, 0.2) is 81.6 Å². The van der Waals surface area contributed by atoms with E-state index >= 15 is 0 Å². The van der Waals surface area contributed by atoms with E-state index in [1.807, 2.05) is 31.2 Å². The van der Waals surface area contributed by atoms with E-state index in [4.69, 9.17) is 13.6 Å². The Morgan fingerprint density at radius 1 is 0.875 bits per heavy atom. The van der Waals surface area contributed by atoms with Crippen molar-refractivity contribution in [2.24, 2.45) is 0 Å². The first-order chi connectivity index (χ1) is 15.5. The number of ketones is 1. The van der Waals surface area contributed by atoms with Crippen LogP contribution in [0.4, 0.5) is 5.69 Å². The number of para-hydroxylation sites is 1. The van der Waals surface area contributed by atoms with Crippen LogP contribution in [0.25, 0.3) is 21.9 Å². The Balaban J connectivity index is 1.44. The highest BCUT2D eigenvalue weighted by Crippen LogP contribution is 2.30. The predicted octanol–water partition coefficient (Wildman–Crippen LogP) is 5.98. The monoisotopic (exact) mass is 425 g/mol. The Bertz CT molecular complexity index is 1460. The molecule has 0 atom stereocenters. The molecular formula is C26H19NO5. The third-order valence-electron chi connectivity index (χ3n) is 5.38. The third-order valence-corrected chi connectivity index (χ3v) is 5.38. The summed E-state index contributed by atoms with van der Waals surface area (Å²) < 4.78 is 16.7. The normalized spacial score (nSPS) is 11.1. The highest BCUT2D eigenvalue weighted by Gasteiger charge is 2.20. The van der Waals surface area contributed by atoms with E-state index in [-0.39, 0.29) is 23.2 Å². The summed E-state index contributed by atoms with van der Waals surface area (Å²) >= 11 is 0. The van der Waals surface area contributed by atoms with E-state index in [0.717, 1.165) is 10.8 Å². The number of carbonyl (C=O) groups excluding carboxylic acids is 2. The van der Waals surface area contributed by atoms with Gasteiger partial charge in [0.2, 0.25) is 5.78 Å². The van der Waals surface area contributed by atoms with Gasteiger partial charge in [0.15, 0.2) is 11.5 Å². The maximum absolute atomic E-state index is 13.0. The molecule has 0 aliphatic rings. The first-order valence-electron chi connectivity index (χ1n) is 10.1. The molecule has 1 N–H and O–H groups in total. The average molecular weight is 425 g/mol. The van der Waals surface area contributed by atoms with Gasteiger partial charge in [0, 0.05) is 27.6 Å². The van der Waals surface area contributed by atoms with Crippen molar-refractivity contribution in [3.8, 4) is 5.75 Å². The molecule has 5 rings (SSSR count). The van der Waals surface area contributed by atoms with Gasteiger partial charge in [0.05, 0.1) is 7.11 Å². The van der Waals surface area contributed by atoms with Crippen molar-refractivity contribution < 1.29 is 23.2 Å². The zero-order valence-electron chi connectivity index (χ0n) is 17.5. The molecule has 0 unspecified atom stereocenters. The van der Waals surface area contributed by atoms with Crippen molar-refractivity contribution in [3.05, 3.63) is 95.4 Å². The second-order valence-electron chi connectivity index (χ2n) is 7.43. The molecule has 0 saturated heterocycles. The number of carbonyl (C=O) groups is 2. The van der Waals surface area contributed by atoms with Gasteiger partial charge in [-0.2, -0.15) is 0 Å². The van der Waals surface area contributed by atoms with Crippen LogP contribution in [0, 0.1) is 6.92 Å². The van der Waals surface area contributed by atoms with Gasteiger partial charge < -0.3 is 18.9 Å². The molecule has 0 aliphatic heterocycles. The number of amides is 1. The van der Waals surface area contributed by atoms with Gasteiger partial charge in [0.1, 0.15) is 16.9 Å². The van der Waals surface area contributed by atoms with Gasteiger partial charge >= 0.3 is 0 Å². The molecule has 1 amide bonds. The lowest BCUT2D eigenvalue weighted by molar-refractivity contribution is 0.0995. The lowest BCUT2D eigenvalue weighted by Gasteiger charge is -2.03. The lowest BCUT2D eigenvalue weighted by atomic mass is 10.0. The molecule has 32 heavy (non-hydrogen) atoms. The summed E-state index contributed by atoms with van der Waals surface area (Å²) in [5.74, 6) is 0.498. The minimum atomic E-state index is -0.352. The number of hydrogen-bond donors (Lipinski definition) is 1. The van der Waals surface area contributed by atoms with Crippen LogP contribution in [0.3, 0.4) is 0 Å². The topological polar surface area (TPSA) is 81.7 Å². The van der Waals surface area contributed by atoms with Crippen molar-refractivity contribution in [2.45, 2.75) is 6.92 Å². The second-order valence-corrected chi connectivity index (χ2v) is 7.43. The summed E-state index contributed by atoms with van der Waals surface area (Å²) in [6, 6.07) is 21.3. The standard InChI is InChI=1S/C26H19NO5/c1-15-20-14-18(27-26(29)23-13-16-6-3-4-9-21(16)31-23)10-11-22(20)32-25(15)24(28)17-7-5-8-19(12-17)30-2/h3-14H,1-2H3,(H,27,29). The van der Waals surface area contributed by atoms with Gasteiger partial charge in [-0.1, -0.05) is 30.3 Å². The van der Waals surface area contributed by atoms with E-state index < -0.39 is 0 Å². The van der Waals surface area contributed by atoms with E-state index in [2.05, 4.69) is 5.32 Å². The van der Waals surface area contributed by atoms with E-state index in [1.54, 1.807) is 55.6 Å². The van der Waals surface area contributed by atoms with Gasteiger partial charge in [-0.15, -0.1) is 0 Å². The van der Waals surface area contributed by atoms with E-state index in [0.29, 0.717) is 33.7 Å². The van der Waals surface area contributed by atoms with Crippen LogP contribution < -0.4 is 10.1 Å². The number of nitrogens with one attached hydrogen (secondary N) is 1. The number of benzene rings is 3.